The molecule has 0 aliphatic rings. The Hall–Kier alpha value is -3.99. The van der Waals surface area contributed by atoms with Crippen LogP contribution in [-0.4, -0.2) is 18.1 Å². The fraction of sp³-hybridized carbons (Fsp3) is 0.212. The van der Waals surface area contributed by atoms with Crippen LogP contribution in [0.15, 0.2) is 121 Å². The maximum Gasteiger partial charge on any atom is 0.309 e. The van der Waals surface area contributed by atoms with Crippen molar-refractivity contribution in [3.8, 4) is 0 Å². The van der Waals surface area contributed by atoms with Gasteiger partial charge in [-0.25, -0.2) is 0 Å². The van der Waals surface area contributed by atoms with E-state index in [1.54, 1.807) is 24.3 Å². The first-order valence-corrected chi connectivity index (χ1v) is 15.1. The number of hydrogen-bond acceptors (Lipinski definition) is 6. The average molecular weight is 557 g/mol. The van der Waals surface area contributed by atoms with E-state index in [-0.39, 0.29) is 38.8 Å². The summed E-state index contributed by atoms with van der Waals surface area (Å²) in [6.07, 6.45) is 0.00160. The van der Waals surface area contributed by atoms with Gasteiger partial charge in [-0.15, -0.1) is 0 Å². The van der Waals surface area contributed by atoms with Gasteiger partial charge in [0.2, 0.25) is 7.37 Å². The molecule has 2 atom stereocenters. The third-order valence-electron chi connectivity index (χ3n) is 6.39. The Morgan fingerprint density at radius 3 is 1.57 bits per heavy atom. The summed E-state index contributed by atoms with van der Waals surface area (Å²) in [6, 6.07) is 37.1. The molecule has 0 N–H and O–H groups in total. The maximum atomic E-state index is 14.4. The Bertz CT molecular complexity index is 1380. The summed E-state index contributed by atoms with van der Waals surface area (Å²) in [7, 11) is -3.52. The first-order valence-electron chi connectivity index (χ1n) is 13.2. The van der Waals surface area contributed by atoms with Gasteiger partial charge >= 0.3 is 11.9 Å². The summed E-state index contributed by atoms with van der Waals surface area (Å²) in [5.41, 5.74) is 2.58. The van der Waals surface area contributed by atoms with Gasteiger partial charge in [0.25, 0.3) is 0 Å². The molecule has 7 heteroatoms. The molecule has 0 aliphatic heterocycles. The van der Waals surface area contributed by atoms with Crippen LogP contribution in [0, 0.1) is 5.92 Å². The summed E-state index contributed by atoms with van der Waals surface area (Å²) < 4.78 is 31.5. The second-order valence-electron chi connectivity index (χ2n) is 9.43. The fourth-order valence-electron chi connectivity index (χ4n) is 4.16. The van der Waals surface area contributed by atoms with Gasteiger partial charge in [0.15, 0.2) is 0 Å². The quantitative estimate of drug-likeness (QED) is 0.127. The van der Waals surface area contributed by atoms with Crippen molar-refractivity contribution in [2.45, 2.75) is 32.7 Å². The number of benzene rings is 4. The molecule has 206 valence electrons. The van der Waals surface area contributed by atoms with Crippen LogP contribution < -0.4 is 5.30 Å². The van der Waals surface area contributed by atoms with Gasteiger partial charge in [0.1, 0.15) is 13.2 Å². The van der Waals surface area contributed by atoms with Gasteiger partial charge in [-0.05, 0) is 35.2 Å². The number of carbonyl (C=O) groups excluding carboxylic acids is 2. The topological polar surface area (TPSA) is 78.9 Å². The Morgan fingerprint density at radius 1 is 0.600 bits per heavy atom. The zero-order valence-electron chi connectivity index (χ0n) is 22.3. The zero-order chi connectivity index (χ0) is 28.0. The Morgan fingerprint density at radius 2 is 1.05 bits per heavy atom. The van der Waals surface area contributed by atoms with Crippen molar-refractivity contribution < 1.29 is 28.2 Å². The summed E-state index contributed by atoms with van der Waals surface area (Å²) in [5.74, 6) is -1.81. The van der Waals surface area contributed by atoms with E-state index >= 15 is 0 Å². The van der Waals surface area contributed by atoms with Crippen molar-refractivity contribution in [3.63, 3.8) is 0 Å². The molecule has 4 rings (SSSR count). The molecule has 0 amide bonds. The van der Waals surface area contributed by atoms with E-state index in [9.17, 15) is 14.2 Å². The second-order valence-corrected chi connectivity index (χ2v) is 11.9. The summed E-state index contributed by atoms with van der Waals surface area (Å²) in [6.45, 7) is 0.346. The van der Waals surface area contributed by atoms with Gasteiger partial charge in [-0.3, -0.25) is 14.2 Å². The molecule has 40 heavy (non-hydrogen) atoms. The lowest BCUT2D eigenvalue weighted by Crippen LogP contribution is -2.26. The smallest absolute Gasteiger partial charge is 0.309 e. The van der Waals surface area contributed by atoms with Crippen molar-refractivity contribution in [1.29, 1.82) is 0 Å². The Kier molecular flexibility index (Phi) is 10.9. The predicted octanol–water partition coefficient (Wildman–Crippen LogP) is 6.69. The van der Waals surface area contributed by atoms with Crippen molar-refractivity contribution in [1.82, 2.24) is 0 Å². The van der Waals surface area contributed by atoms with Crippen molar-refractivity contribution in [2.24, 2.45) is 5.92 Å². The van der Waals surface area contributed by atoms with Gasteiger partial charge in [0.05, 0.1) is 12.5 Å². The average Bonchev–Trinajstić information content (AvgIpc) is 3.02. The number of carbonyl (C=O) groups is 2. The molecule has 4 aromatic carbocycles. The Balaban J connectivity index is 1.49. The molecular formula is C33H33O6P. The minimum atomic E-state index is -3.52. The molecule has 0 radical (unpaired) electrons. The molecule has 0 fully saturated rings. The molecule has 0 saturated heterocycles. The highest BCUT2D eigenvalue weighted by atomic mass is 31.2. The maximum absolute atomic E-state index is 14.4. The normalized spacial score (nSPS) is 13.1. The fourth-order valence-corrected chi connectivity index (χ4v) is 6.52. The minimum absolute atomic E-state index is 0.0224. The van der Waals surface area contributed by atoms with E-state index in [1.165, 1.54) is 0 Å². The summed E-state index contributed by atoms with van der Waals surface area (Å²) in [4.78, 5) is 25.9. The first kappa shape index (κ1) is 29.0. The monoisotopic (exact) mass is 556 g/mol. The highest BCUT2D eigenvalue weighted by molar-refractivity contribution is 7.67. The van der Waals surface area contributed by atoms with E-state index in [0.717, 1.165) is 16.7 Å². The lowest BCUT2D eigenvalue weighted by atomic mass is 10.1. The van der Waals surface area contributed by atoms with Crippen molar-refractivity contribution in [2.75, 3.05) is 6.16 Å². The van der Waals surface area contributed by atoms with Crippen LogP contribution in [0.2, 0.25) is 0 Å². The molecule has 0 saturated carbocycles. The van der Waals surface area contributed by atoms with E-state index in [4.69, 9.17) is 14.0 Å². The van der Waals surface area contributed by atoms with E-state index in [2.05, 4.69) is 0 Å². The van der Waals surface area contributed by atoms with Crippen molar-refractivity contribution >= 4 is 24.6 Å². The molecule has 4 aromatic rings. The molecule has 6 nitrogen and oxygen atoms in total. The minimum Gasteiger partial charge on any atom is -0.461 e. The predicted molar refractivity (Wildman–Crippen MR) is 155 cm³/mol. The van der Waals surface area contributed by atoms with Crippen LogP contribution in [0.3, 0.4) is 0 Å². The van der Waals surface area contributed by atoms with Gasteiger partial charge in [0, 0.05) is 17.9 Å². The summed E-state index contributed by atoms with van der Waals surface area (Å²) in [5, 5.41) is 0.512. The lowest BCUT2D eigenvalue weighted by Gasteiger charge is -2.24. The number of ether oxygens (including phenoxy) is 2. The number of hydrogen-bond donors (Lipinski definition) is 0. The number of esters is 2. The molecule has 0 heterocycles. The van der Waals surface area contributed by atoms with Crippen LogP contribution in [0.5, 0.6) is 0 Å². The third kappa shape index (κ3) is 9.04. The Labute approximate surface area is 235 Å². The molecular weight excluding hydrogens is 523 g/mol. The molecule has 0 aromatic heterocycles. The molecule has 0 spiro atoms. The van der Waals surface area contributed by atoms with Gasteiger partial charge in [-0.2, -0.15) is 0 Å². The van der Waals surface area contributed by atoms with Gasteiger partial charge < -0.3 is 14.0 Å². The number of rotatable bonds is 14. The van der Waals surface area contributed by atoms with Crippen LogP contribution in [0.1, 0.15) is 29.5 Å². The van der Waals surface area contributed by atoms with Crippen LogP contribution in [0.25, 0.3) is 0 Å². The van der Waals surface area contributed by atoms with E-state index in [0.29, 0.717) is 5.30 Å². The first-order chi connectivity index (χ1) is 19.5. The SMILES string of the molecule is O=C(CCC(CP(=O)(OCc1ccccc1)c1ccccc1)C(=O)OCc1ccccc1)OCc1ccccc1. The highest BCUT2D eigenvalue weighted by Gasteiger charge is 2.34. The third-order valence-corrected chi connectivity index (χ3v) is 8.94. The van der Waals surface area contributed by atoms with Crippen LogP contribution >= 0.6 is 7.37 Å². The standard InChI is InChI=1S/C33H33O6P/c34-32(37-23-27-13-5-1-6-14-27)22-21-30(33(35)38-24-28-15-7-2-8-16-28)26-40(36,31-19-11-4-12-20-31)39-25-29-17-9-3-10-18-29/h1-20,30H,21-26H2. The summed E-state index contributed by atoms with van der Waals surface area (Å²) >= 11 is 0. The van der Waals surface area contributed by atoms with E-state index in [1.807, 2.05) is 97.1 Å². The molecule has 0 aliphatic carbocycles. The lowest BCUT2D eigenvalue weighted by molar-refractivity contribution is -0.150. The van der Waals surface area contributed by atoms with Crippen LogP contribution in [0.4, 0.5) is 0 Å². The largest absolute Gasteiger partial charge is 0.461 e. The van der Waals surface area contributed by atoms with E-state index < -0.39 is 25.2 Å². The highest BCUT2D eigenvalue weighted by Crippen LogP contribution is 2.49. The van der Waals surface area contributed by atoms with Gasteiger partial charge in [-0.1, -0.05) is 109 Å². The second kappa shape index (κ2) is 15.0. The van der Waals surface area contributed by atoms with Crippen LogP contribution in [-0.2, 0) is 48.0 Å². The molecule has 2 unspecified atom stereocenters. The van der Waals surface area contributed by atoms with Crippen molar-refractivity contribution in [3.05, 3.63) is 138 Å². The zero-order valence-corrected chi connectivity index (χ0v) is 23.2. The molecule has 0 bridgehead atoms.